The Morgan fingerprint density at radius 3 is 2.50 bits per heavy atom. The molecule has 0 aromatic heterocycles. The Bertz CT molecular complexity index is 618. The first-order valence-corrected chi connectivity index (χ1v) is 11.0. The van der Waals surface area contributed by atoms with Gasteiger partial charge in [-0.05, 0) is 68.6 Å². The quantitative estimate of drug-likeness (QED) is 0.397. The number of nitrogens with one attached hydrogen (secondary N) is 1. The molecule has 1 aliphatic heterocycles. The maximum atomic E-state index is 5.55. The highest BCUT2D eigenvalue weighted by Crippen LogP contribution is 2.48. The highest BCUT2D eigenvalue weighted by Gasteiger charge is 2.42. The van der Waals surface area contributed by atoms with Crippen molar-refractivity contribution in [3.05, 3.63) is 29.8 Å². The number of nitrogens with zero attached hydrogens (tertiary/aromatic N) is 3. The van der Waals surface area contributed by atoms with Gasteiger partial charge in [-0.25, -0.2) is 0 Å². The highest BCUT2D eigenvalue weighted by atomic mass is 16.5. The van der Waals surface area contributed by atoms with Gasteiger partial charge in [-0.3, -0.25) is 4.99 Å². The Kier molecular flexibility index (Phi) is 7.60. The van der Waals surface area contributed by atoms with E-state index in [-0.39, 0.29) is 0 Å². The van der Waals surface area contributed by atoms with Crippen LogP contribution in [0.3, 0.4) is 0 Å². The lowest BCUT2D eigenvalue weighted by Crippen LogP contribution is -2.41. The van der Waals surface area contributed by atoms with Gasteiger partial charge in [0.05, 0.1) is 0 Å². The van der Waals surface area contributed by atoms with E-state index in [9.17, 15) is 0 Å². The molecule has 0 unspecified atom stereocenters. The predicted octanol–water partition coefficient (Wildman–Crippen LogP) is 3.89. The first kappa shape index (κ1) is 21.0. The number of guanidine groups is 1. The molecule has 0 atom stereocenters. The summed E-state index contributed by atoms with van der Waals surface area (Å²) >= 11 is 0. The summed E-state index contributed by atoms with van der Waals surface area (Å²) in [6.45, 7) is 7.99. The number of rotatable bonds is 9. The lowest BCUT2D eigenvalue weighted by atomic mass is 10.0. The molecule has 156 valence electrons. The van der Waals surface area contributed by atoms with Crippen LogP contribution in [0.1, 0.15) is 51.0 Å². The molecule has 2 fully saturated rings. The molecule has 1 saturated carbocycles. The number of ether oxygens (including phenoxy) is 1. The molecule has 0 radical (unpaired) electrons. The van der Waals surface area contributed by atoms with Crippen LogP contribution in [0.4, 0.5) is 5.69 Å². The molecule has 28 heavy (non-hydrogen) atoms. The molecule has 2 aliphatic rings. The van der Waals surface area contributed by atoms with E-state index in [0.29, 0.717) is 5.41 Å². The monoisotopic (exact) mass is 386 g/mol. The third kappa shape index (κ3) is 5.87. The second-order valence-electron chi connectivity index (χ2n) is 8.42. The molecule has 1 aromatic rings. The Morgan fingerprint density at radius 2 is 1.89 bits per heavy atom. The van der Waals surface area contributed by atoms with E-state index in [0.717, 1.165) is 38.7 Å². The maximum Gasteiger partial charge on any atom is 0.193 e. The molecule has 0 bridgehead atoms. The third-order valence-electron chi connectivity index (χ3n) is 6.21. The second-order valence-corrected chi connectivity index (χ2v) is 8.42. The molecule has 1 aromatic carbocycles. The average molecular weight is 387 g/mol. The van der Waals surface area contributed by atoms with Crippen LogP contribution in [0.25, 0.3) is 0 Å². The fourth-order valence-corrected chi connectivity index (χ4v) is 4.09. The zero-order valence-electron chi connectivity index (χ0n) is 18.0. The van der Waals surface area contributed by atoms with Crippen LogP contribution in [0.15, 0.2) is 29.3 Å². The first-order chi connectivity index (χ1) is 13.7. The standard InChI is InChI=1S/C23H38N4O/c1-4-28-17-14-23(12-13-23)19-25-22(24-2)26(3)18-20-8-10-21(11-9-20)27-15-6-5-7-16-27/h8-11H,4-7,12-19H2,1-3H3,(H,24,25). The smallest absolute Gasteiger partial charge is 0.193 e. The number of piperidine rings is 1. The van der Waals surface area contributed by atoms with Crippen molar-refractivity contribution >= 4 is 11.6 Å². The van der Waals surface area contributed by atoms with Crippen molar-refractivity contribution in [1.82, 2.24) is 10.2 Å². The summed E-state index contributed by atoms with van der Waals surface area (Å²) in [5, 5.41) is 3.59. The summed E-state index contributed by atoms with van der Waals surface area (Å²) in [5.41, 5.74) is 3.10. The summed E-state index contributed by atoms with van der Waals surface area (Å²) in [7, 11) is 3.99. The van der Waals surface area contributed by atoms with Gasteiger partial charge < -0.3 is 19.9 Å². The number of benzene rings is 1. The van der Waals surface area contributed by atoms with Crippen LogP contribution in [0, 0.1) is 5.41 Å². The minimum atomic E-state index is 0.419. The molecule has 3 rings (SSSR count). The highest BCUT2D eigenvalue weighted by molar-refractivity contribution is 5.79. The molecule has 1 saturated heterocycles. The number of aliphatic imine (C=N–C) groups is 1. The summed E-state index contributed by atoms with van der Waals surface area (Å²) in [6.07, 6.45) is 7.75. The normalized spacial score (nSPS) is 18.8. The summed E-state index contributed by atoms with van der Waals surface area (Å²) in [5.74, 6) is 0.975. The van der Waals surface area contributed by atoms with E-state index < -0.39 is 0 Å². The Balaban J connectivity index is 1.47. The van der Waals surface area contributed by atoms with Gasteiger partial charge in [-0.1, -0.05) is 12.1 Å². The molecule has 1 N–H and O–H groups in total. The number of anilines is 1. The van der Waals surface area contributed by atoms with E-state index in [4.69, 9.17) is 4.74 Å². The molecular formula is C23H38N4O. The zero-order chi connectivity index (χ0) is 19.8. The van der Waals surface area contributed by atoms with Crippen molar-refractivity contribution in [2.24, 2.45) is 10.4 Å². The van der Waals surface area contributed by atoms with Gasteiger partial charge in [0.25, 0.3) is 0 Å². The van der Waals surface area contributed by atoms with Crippen LogP contribution in [-0.2, 0) is 11.3 Å². The molecular weight excluding hydrogens is 348 g/mol. The topological polar surface area (TPSA) is 40.1 Å². The summed E-state index contributed by atoms with van der Waals surface area (Å²) in [6, 6.07) is 9.07. The zero-order valence-corrected chi connectivity index (χ0v) is 18.0. The molecule has 0 spiro atoms. The Labute approximate surface area is 171 Å². The summed E-state index contributed by atoms with van der Waals surface area (Å²) < 4.78 is 5.55. The van der Waals surface area contributed by atoms with Crippen molar-refractivity contribution in [2.45, 2.75) is 52.0 Å². The molecule has 1 aliphatic carbocycles. The van der Waals surface area contributed by atoms with Crippen LogP contribution in [0.5, 0.6) is 0 Å². The SMILES string of the molecule is CCOCCC1(CNC(=NC)N(C)Cc2ccc(N3CCCCC3)cc2)CC1. The predicted molar refractivity (Wildman–Crippen MR) is 118 cm³/mol. The van der Waals surface area contributed by atoms with E-state index in [2.05, 4.69) is 58.3 Å². The lowest BCUT2D eigenvalue weighted by molar-refractivity contribution is 0.128. The van der Waals surface area contributed by atoms with E-state index in [1.165, 1.54) is 56.4 Å². The molecule has 0 amide bonds. The Hall–Kier alpha value is -1.75. The fourth-order valence-electron chi connectivity index (χ4n) is 4.09. The number of hydrogen-bond donors (Lipinski definition) is 1. The van der Waals surface area contributed by atoms with Crippen molar-refractivity contribution in [3.8, 4) is 0 Å². The van der Waals surface area contributed by atoms with E-state index >= 15 is 0 Å². The van der Waals surface area contributed by atoms with Crippen molar-refractivity contribution in [1.29, 1.82) is 0 Å². The van der Waals surface area contributed by atoms with Gasteiger partial charge in [-0.2, -0.15) is 0 Å². The third-order valence-corrected chi connectivity index (χ3v) is 6.21. The summed E-state index contributed by atoms with van der Waals surface area (Å²) in [4.78, 5) is 9.22. The minimum Gasteiger partial charge on any atom is -0.382 e. The largest absolute Gasteiger partial charge is 0.382 e. The Morgan fingerprint density at radius 1 is 1.18 bits per heavy atom. The number of hydrogen-bond acceptors (Lipinski definition) is 3. The van der Waals surface area contributed by atoms with Crippen LogP contribution >= 0.6 is 0 Å². The van der Waals surface area contributed by atoms with Gasteiger partial charge in [0, 0.05) is 59.2 Å². The molecule has 5 nitrogen and oxygen atoms in total. The van der Waals surface area contributed by atoms with Crippen molar-refractivity contribution in [2.75, 3.05) is 51.8 Å². The van der Waals surface area contributed by atoms with Crippen LogP contribution in [0.2, 0.25) is 0 Å². The van der Waals surface area contributed by atoms with Gasteiger partial charge >= 0.3 is 0 Å². The van der Waals surface area contributed by atoms with E-state index in [1.54, 1.807) is 0 Å². The van der Waals surface area contributed by atoms with Crippen LogP contribution < -0.4 is 10.2 Å². The molecule has 1 heterocycles. The minimum absolute atomic E-state index is 0.419. The van der Waals surface area contributed by atoms with Crippen molar-refractivity contribution < 1.29 is 4.74 Å². The van der Waals surface area contributed by atoms with Gasteiger partial charge in [-0.15, -0.1) is 0 Å². The fraction of sp³-hybridized carbons (Fsp3) is 0.696. The van der Waals surface area contributed by atoms with Gasteiger partial charge in [0.1, 0.15) is 0 Å². The maximum absolute atomic E-state index is 5.55. The van der Waals surface area contributed by atoms with Gasteiger partial charge in [0.15, 0.2) is 5.96 Å². The van der Waals surface area contributed by atoms with Gasteiger partial charge in [0.2, 0.25) is 0 Å². The average Bonchev–Trinajstić information content (AvgIpc) is 3.50. The second kappa shape index (κ2) is 10.1. The van der Waals surface area contributed by atoms with Crippen molar-refractivity contribution in [3.63, 3.8) is 0 Å². The first-order valence-electron chi connectivity index (χ1n) is 11.0. The van der Waals surface area contributed by atoms with Crippen LogP contribution in [-0.4, -0.2) is 57.8 Å². The molecule has 5 heteroatoms. The van der Waals surface area contributed by atoms with E-state index in [1.807, 2.05) is 7.05 Å². The lowest BCUT2D eigenvalue weighted by Gasteiger charge is -2.29.